The van der Waals surface area contributed by atoms with E-state index in [-0.39, 0.29) is 11.8 Å². The van der Waals surface area contributed by atoms with Crippen molar-refractivity contribution in [1.29, 1.82) is 0 Å². The molecule has 2 N–H and O–H groups in total. The fourth-order valence-electron chi connectivity index (χ4n) is 4.64. The molecule has 2 aliphatic rings. The number of benzene rings is 2. The van der Waals surface area contributed by atoms with Crippen LogP contribution in [0.2, 0.25) is 0 Å². The maximum absolute atomic E-state index is 13.3. The van der Waals surface area contributed by atoms with Crippen molar-refractivity contribution >= 4 is 40.5 Å². The third-order valence-corrected chi connectivity index (χ3v) is 6.93. The summed E-state index contributed by atoms with van der Waals surface area (Å²) < 4.78 is 10.9. The number of amides is 2. The van der Waals surface area contributed by atoms with Crippen LogP contribution in [0.15, 0.2) is 42.5 Å². The Hall–Kier alpha value is -3.01. The highest BCUT2D eigenvalue weighted by Crippen LogP contribution is 2.31. The van der Waals surface area contributed by atoms with Crippen molar-refractivity contribution in [2.24, 2.45) is 0 Å². The Kier molecular flexibility index (Phi) is 9.49. The van der Waals surface area contributed by atoms with E-state index in [9.17, 15) is 9.59 Å². The van der Waals surface area contributed by atoms with E-state index in [1.54, 1.807) is 20.1 Å². The number of carbonyl (C=O) groups is 2. The monoisotopic (exact) mass is 529 g/mol. The third kappa shape index (κ3) is 7.06. The molecule has 0 spiro atoms. The highest BCUT2D eigenvalue weighted by Gasteiger charge is 2.24. The van der Waals surface area contributed by atoms with Crippen LogP contribution < -0.4 is 25.2 Å². The highest BCUT2D eigenvalue weighted by molar-refractivity contribution is 6.32. The Morgan fingerprint density at radius 3 is 2.35 bits per heavy atom. The van der Waals surface area contributed by atoms with Gasteiger partial charge in [-0.1, -0.05) is 12.1 Å². The zero-order valence-corrected chi connectivity index (χ0v) is 22.3. The molecule has 10 heteroatoms. The van der Waals surface area contributed by atoms with Gasteiger partial charge in [0.2, 0.25) is 5.91 Å². The van der Waals surface area contributed by atoms with Crippen molar-refractivity contribution in [3.63, 3.8) is 0 Å². The van der Waals surface area contributed by atoms with E-state index in [0.29, 0.717) is 17.8 Å². The van der Waals surface area contributed by atoms with Crippen molar-refractivity contribution < 1.29 is 19.1 Å². The van der Waals surface area contributed by atoms with Crippen molar-refractivity contribution in [2.45, 2.75) is 12.3 Å². The molecule has 200 valence electrons. The Morgan fingerprint density at radius 2 is 1.68 bits per heavy atom. The molecular weight excluding hydrogens is 494 g/mol. The van der Waals surface area contributed by atoms with Crippen LogP contribution in [-0.2, 0) is 9.53 Å². The molecule has 0 aliphatic carbocycles. The number of piperazine rings is 1. The van der Waals surface area contributed by atoms with Gasteiger partial charge in [0.15, 0.2) is 0 Å². The minimum atomic E-state index is -0.673. The van der Waals surface area contributed by atoms with Gasteiger partial charge < -0.3 is 29.9 Å². The van der Waals surface area contributed by atoms with Crippen LogP contribution in [-0.4, -0.2) is 94.8 Å². The minimum absolute atomic E-state index is 0.162. The number of morpholine rings is 1. The molecule has 1 unspecified atom stereocenters. The standard InChI is InChI=1S/C27H36ClN5O4/c1-20(28)26(34)30-21-7-8-23(22(19-21)27(35)29-9-10-31-15-17-37-18-16-31)32-11-13-33(14-12-32)24-5-3-4-6-25(24)36-2/h3-8,19-20H,9-18H2,1-2H3,(H,29,35)(H,30,34). The van der Waals surface area contributed by atoms with Gasteiger partial charge in [-0.3, -0.25) is 14.5 Å². The second kappa shape index (κ2) is 13.0. The molecular formula is C27H36ClN5O4. The summed E-state index contributed by atoms with van der Waals surface area (Å²) in [5.41, 5.74) is 3.00. The van der Waals surface area contributed by atoms with E-state index in [2.05, 4.69) is 31.4 Å². The molecule has 2 fully saturated rings. The van der Waals surface area contributed by atoms with Crippen LogP contribution in [0.1, 0.15) is 17.3 Å². The maximum Gasteiger partial charge on any atom is 0.253 e. The molecule has 0 saturated carbocycles. The smallest absolute Gasteiger partial charge is 0.253 e. The highest BCUT2D eigenvalue weighted by atomic mass is 35.5. The Labute approximate surface area is 223 Å². The fraction of sp³-hybridized carbons (Fsp3) is 0.481. The van der Waals surface area contributed by atoms with Crippen LogP contribution in [0.3, 0.4) is 0 Å². The number of methoxy groups -OCH3 is 1. The number of ether oxygens (including phenoxy) is 2. The zero-order chi connectivity index (χ0) is 26.2. The van der Waals surface area contributed by atoms with E-state index in [4.69, 9.17) is 21.1 Å². The van der Waals surface area contributed by atoms with E-state index in [1.807, 2.05) is 30.3 Å². The number of hydrogen-bond donors (Lipinski definition) is 2. The van der Waals surface area contributed by atoms with Crippen LogP contribution in [0.25, 0.3) is 0 Å². The number of alkyl halides is 1. The number of rotatable bonds is 9. The van der Waals surface area contributed by atoms with Gasteiger partial charge in [-0.25, -0.2) is 0 Å². The van der Waals surface area contributed by atoms with Crippen LogP contribution in [0, 0.1) is 0 Å². The molecule has 0 radical (unpaired) electrons. The summed E-state index contributed by atoms with van der Waals surface area (Å²) in [6.07, 6.45) is 0. The summed E-state index contributed by atoms with van der Waals surface area (Å²) in [5.74, 6) is 0.383. The van der Waals surface area contributed by atoms with Crippen molar-refractivity contribution in [3.05, 3.63) is 48.0 Å². The lowest BCUT2D eigenvalue weighted by Gasteiger charge is -2.38. The lowest BCUT2D eigenvalue weighted by Crippen LogP contribution is -2.47. The number of nitrogens with one attached hydrogen (secondary N) is 2. The van der Waals surface area contributed by atoms with E-state index < -0.39 is 5.38 Å². The lowest BCUT2D eigenvalue weighted by atomic mass is 10.1. The van der Waals surface area contributed by atoms with E-state index in [0.717, 1.165) is 76.2 Å². The predicted molar refractivity (Wildman–Crippen MR) is 147 cm³/mol. The normalized spacial score (nSPS) is 17.3. The number of halogens is 1. The van der Waals surface area contributed by atoms with Gasteiger partial charge in [0, 0.05) is 63.7 Å². The largest absolute Gasteiger partial charge is 0.495 e. The quantitative estimate of drug-likeness (QED) is 0.483. The molecule has 1 atom stereocenters. The first kappa shape index (κ1) is 27.0. The predicted octanol–water partition coefficient (Wildman–Crippen LogP) is 2.65. The summed E-state index contributed by atoms with van der Waals surface area (Å²) in [4.78, 5) is 32.3. The Balaban J connectivity index is 1.47. The summed E-state index contributed by atoms with van der Waals surface area (Å²) in [7, 11) is 1.68. The maximum atomic E-state index is 13.3. The van der Waals surface area contributed by atoms with Gasteiger partial charge in [0.25, 0.3) is 5.91 Å². The Morgan fingerprint density at radius 1 is 1.00 bits per heavy atom. The third-order valence-electron chi connectivity index (χ3n) is 6.73. The first-order chi connectivity index (χ1) is 18.0. The van der Waals surface area contributed by atoms with E-state index in [1.165, 1.54) is 0 Å². The SMILES string of the molecule is COc1ccccc1N1CCN(c2ccc(NC(=O)C(C)Cl)cc2C(=O)NCCN2CCOCC2)CC1. The van der Waals surface area contributed by atoms with Gasteiger partial charge in [-0.15, -0.1) is 11.6 Å². The molecule has 2 heterocycles. The molecule has 0 aromatic heterocycles. The minimum Gasteiger partial charge on any atom is -0.495 e. The van der Waals surface area contributed by atoms with Crippen molar-refractivity contribution in [1.82, 2.24) is 10.2 Å². The van der Waals surface area contributed by atoms with Crippen molar-refractivity contribution in [3.8, 4) is 5.75 Å². The van der Waals surface area contributed by atoms with Gasteiger partial charge in [-0.05, 0) is 37.3 Å². The van der Waals surface area contributed by atoms with Gasteiger partial charge in [0.05, 0.1) is 31.6 Å². The van der Waals surface area contributed by atoms with Crippen LogP contribution in [0.4, 0.5) is 17.1 Å². The van der Waals surface area contributed by atoms with Gasteiger partial charge >= 0.3 is 0 Å². The average molecular weight is 530 g/mol. The summed E-state index contributed by atoms with van der Waals surface area (Å²) in [6, 6.07) is 13.5. The fourth-order valence-corrected chi connectivity index (χ4v) is 4.69. The van der Waals surface area contributed by atoms with Crippen LogP contribution >= 0.6 is 11.6 Å². The summed E-state index contributed by atoms with van der Waals surface area (Å²) >= 11 is 5.93. The molecule has 2 aliphatic heterocycles. The molecule has 2 amide bonds. The number of carbonyl (C=O) groups excluding carboxylic acids is 2. The molecule has 37 heavy (non-hydrogen) atoms. The Bertz CT molecular complexity index is 1070. The number of anilines is 3. The first-order valence-electron chi connectivity index (χ1n) is 12.8. The van der Waals surface area contributed by atoms with Crippen LogP contribution in [0.5, 0.6) is 5.75 Å². The number of hydrogen-bond acceptors (Lipinski definition) is 7. The second-order valence-electron chi connectivity index (χ2n) is 9.19. The second-order valence-corrected chi connectivity index (χ2v) is 9.85. The summed E-state index contributed by atoms with van der Waals surface area (Å²) in [6.45, 7) is 9.18. The molecule has 2 saturated heterocycles. The topological polar surface area (TPSA) is 86.4 Å². The number of para-hydroxylation sites is 2. The average Bonchev–Trinajstić information content (AvgIpc) is 2.93. The lowest BCUT2D eigenvalue weighted by molar-refractivity contribution is -0.115. The first-order valence-corrected chi connectivity index (χ1v) is 13.2. The summed E-state index contributed by atoms with van der Waals surface area (Å²) in [5, 5.41) is 5.19. The zero-order valence-electron chi connectivity index (χ0n) is 21.5. The molecule has 9 nitrogen and oxygen atoms in total. The van der Waals surface area contributed by atoms with Gasteiger partial charge in [-0.2, -0.15) is 0 Å². The molecule has 2 aromatic rings. The molecule has 4 rings (SSSR count). The molecule has 0 bridgehead atoms. The van der Waals surface area contributed by atoms with E-state index >= 15 is 0 Å². The van der Waals surface area contributed by atoms with Gasteiger partial charge in [0.1, 0.15) is 11.1 Å². The van der Waals surface area contributed by atoms with Crippen molar-refractivity contribution in [2.75, 3.05) is 87.8 Å². The number of nitrogens with zero attached hydrogens (tertiary/aromatic N) is 3. The molecule has 2 aromatic carbocycles.